The Morgan fingerprint density at radius 2 is 1.13 bits per heavy atom. The first kappa shape index (κ1) is 14.1. The van der Waals surface area contributed by atoms with Gasteiger partial charge in [0.25, 0.3) is 0 Å². The van der Waals surface area contributed by atoms with Gasteiger partial charge in [-0.2, -0.15) is 0 Å². The number of rotatable bonds is 0. The molecule has 0 radical (unpaired) electrons. The molecule has 0 aromatic carbocycles. The molecule has 6 nitrogen and oxygen atoms in total. The van der Waals surface area contributed by atoms with Crippen molar-refractivity contribution in [3.8, 4) is 0 Å². The fraction of sp³-hybridized carbons (Fsp3) is 1.00. The third-order valence-corrected chi connectivity index (χ3v) is 5.29. The van der Waals surface area contributed by atoms with Crippen LogP contribution >= 0.6 is 27.7 Å². The molecule has 90 valence electrons. The number of aliphatic hydroxyl groups is 6. The molecule has 3 unspecified atom stereocenters. The lowest BCUT2D eigenvalue weighted by molar-refractivity contribution is -0.261. The molecule has 1 aliphatic carbocycles. The molecule has 6 N–H and O–H groups in total. The molecule has 0 aromatic rings. The fourth-order valence-electron chi connectivity index (χ4n) is 1.46. The van der Waals surface area contributed by atoms with E-state index in [0.717, 1.165) is 0 Å². The Bertz CT molecular complexity index is 268. The molecule has 0 bridgehead atoms. The summed E-state index contributed by atoms with van der Waals surface area (Å²) in [6.45, 7) is 0. The average molecular weight is 276 g/mol. The van der Waals surface area contributed by atoms with E-state index in [4.69, 9.17) is 0 Å². The molecular weight excluding hydrogens is 261 g/mol. The molecule has 0 saturated heterocycles. The Morgan fingerprint density at radius 3 is 1.53 bits per heavy atom. The van der Waals surface area contributed by atoms with Gasteiger partial charge in [0.1, 0.15) is 34.3 Å². The van der Waals surface area contributed by atoms with Crippen LogP contribution in [0.1, 0.15) is 0 Å². The summed E-state index contributed by atoms with van der Waals surface area (Å²) >= 11 is 0. The smallest absolute Gasteiger partial charge is 0.141 e. The summed E-state index contributed by atoms with van der Waals surface area (Å²) in [6.07, 6.45) is -5.53. The number of hydrogen-bond donors (Lipinski definition) is 6. The average Bonchev–Trinajstić information content (AvgIpc) is 2.12. The van der Waals surface area contributed by atoms with Gasteiger partial charge in [0.15, 0.2) is 0 Å². The minimum Gasteiger partial charge on any atom is -0.387 e. The van der Waals surface area contributed by atoms with E-state index < -0.39 is 34.3 Å². The van der Waals surface area contributed by atoms with E-state index >= 15 is 0 Å². The van der Waals surface area contributed by atoms with Crippen LogP contribution in [0.5, 0.6) is 0 Å². The van der Waals surface area contributed by atoms with Crippen LogP contribution in [0.25, 0.3) is 0 Å². The van der Waals surface area contributed by atoms with Crippen molar-refractivity contribution in [1.29, 1.82) is 0 Å². The van der Waals surface area contributed by atoms with Crippen LogP contribution in [-0.2, 0) is 0 Å². The normalized spacial score (nSPS) is 61.8. The zero-order valence-electron chi connectivity index (χ0n) is 7.65. The van der Waals surface area contributed by atoms with Gasteiger partial charge in [-0.15, -0.1) is 0 Å². The Balaban J connectivity index is 3.24. The summed E-state index contributed by atoms with van der Waals surface area (Å²) in [5.74, 6) is 0. The first-order valence-electron chi connectivity index (χ1n) is 4.05. The summed E-state index contributed by atoms with van der Waals surface area (Å²) in [6, 6.07) is 0. The van der Waals surface area contributed by atoms with Crippen molar-refractivity contribution >= 4 is 27.7 Å². The van der Waals surface area contributed by atoms with Crippen molar-refractivity contribution in [3.63, 3.8) is 0 Å². The molecular formula is C6H15O6P3. The van der Waals surface area contributed by atoms with Gasteiger partial charge in [0, 0.05) is 0 Å². The van der Waals surface area contributed by atoms with Crippen molar-refractivity contribution in [3.05, 3.63) is 0 Å². The third-order valence-electron chi connectivity index (χ3n) is 2.72. The highest BCUT2D eigenvalue weighted by molar-refractivity contribution is 7.25. The SMILES string of the molecule is O[C@@H]1[C@@H](O)[C@@](O)(P)[C@](O)(P)[C@@H](O)[C@]1(O)P. The molecule has 1 saturated carbocycles. The molecule has 0 amide bonds. The lowest BCUT2D eigenvalue weighted by Crippen LogP contribution is -2.76. The van der Waals surface area contributed by atoms with Gasteiger partial charge >= 0.3 is 0 Å². The summed E-state index contributed by atoms with van der Waals surface area (Å²) in [5.41, 5.74) is 0. The van der Waals surface area contributed by atoms with Gasteiger partial charge in [-0.3, -0.25) is 0 Å². The Kier molecular flexibility index (Phi) is 3.55. The molecule has 1 fully saturated rings. The van der Waals surface area contributed by atoms with E-state index in [2.05, 4.69) is 0 Å². The van der Waals surface area contributed by atoms with Gasteiger partial charge < -0.3 is 30.6 Å². The molecule has 0 spiro atoms. The third kappa shape index (κ3) is 1.77. The van der Waals surface area contributed by atoms with Gasteiger partial charge in [0.05, 0.1) is 0 Å². The van der Waals surface area contributed by atoms with E-state index in [1.54, 1.807) is 27.7 Å². The topological polar surface area (TPSA) is 121 Å². The Labute approximate surface area is 93.3 Å². The van der Waals surface area contributed by atoms with Gasteiger partial charge in [-0.25, -0.2) is 0 Å². The van der Waals surface area contributed by atoms with Crippen LogP contribution < -0.4 is 0 Å². The zero-order chi connectivity index (χ0) is 12.2. The molecule has 0 aromatic heterocycles. The van der Waals surface area contributed by atoms with Gasteiger partial charge in [-0.1, -0.05) is 27.7 Å². The molecule has 0 aliphatic heterocycles. The molecule has 0 heterocycles. The lowest BCUT2D eigenvalue weighted by atomic mass is 9.83. The van der Waals surface area contributed by atoms with Gasteiger partial charge in [-0.05, 0) is 0 Å². The lowest BCUT2D eigenvalue weighted by Gasteiger charge is -2.55. The highest BCUT2D eigenvalue weighted by atomic mass is 31.0. The molecule has 1 rings (SSSR count). The van der Waals surface area contributed by atoms with Crippen molar-refractivity contribution in [2.75, 3.05) is 0 Å². The van der Waals surface area contributed by atoms with Crippen molar-refractivity contribution < 1.29 is 30.6 Å². The maximum Gasteiger partial charge on any atom is 0.141 e. The zero-order valence-corrected chi connectivity index (χ0v) is 11.1. The summed E-state index contributed by atoms with van der Waals surface area (Å²) in [4.78, 5) is 0. The number of hydrogen-bond acceptors (Lipinski definition) is 6. The molecule has 9 atom stereocenters. The minimum absolute atomic E-state index is 1.74. The van der Waals surface area contributed by atoms with Crippen LogP contribution in [-0.4, -0.2) is 65.0 Å². The van der Waals surface area contributed by atoms with Crippen LogP contribution in [0, 0.1) is 0 Å². The molecule has 9 heteroatoms. The van der Waals surface area contributed by atoms with E-state index in [9.17, 15) is 30.6 Å². The molecule has 15 heavy (non-hydrogen) atoms. The highest BCUT2D eigenvalue weighted by Crippen LogP contribution is 2.51. The monoisotopic (exact) mass is 276 g/mol. The predicted octanol–water partition coefficient (Wildman–Crippen LogP) is -3.23. The summed E-state index contributed by atoms with van der Waals surface area (Å²) in [7, 11) is 5.23. The first-order valence-corrected chi connectivity index (χ1v) is 5.78. The van der Waals surface area contributed by atoms with Crippen LogP contribution in [0.15, 0.2) is 0 Å². The van der Waals surface area contributed by atoms with Crippen molar-refractivity contribution in [2.45, 2.75) is 34.3 Å². The summed E-state index contributed by atoms with van der Waals surface area (Å²) in [5, 5.41) is 51.1. The second kappa shape index (κ2) is 3.78. The second-order valence-corrected chi connectivity index (χ2v) is 6.52. The Morgan fingerprint density at radius 1 is 0.733 bits per heavy atom. The fourth-order valence-corrected chi connectivity index (χ4v) is 2.87. The predicted molar refractivity (Wildman–Crippen MR) is 62.0 cm³/mol. The Hall–Kier alpha value is 1.05. The van der Waals surface area contributed by atoms with E-state index in [1.807, 2.05) is 0 Å². The van der Waals surface area contributed by atoms with Crippen LogP contribution in [0.2, 0.25) is 0 Å². The minimum atomic E-state index is -2.27. The van der Waals surface area contributed by atoms with E-state index in [-0.39, 0.29) is 0 Å². The molecule has 1 aliphatic rings. The van der Waals surface area contributed by atoms with Crippen molar-refractivity contribution in [2.24, 2.45) is 0 Å². The maximum atomic E-state index is 9.79. The van der Waals surface area contributed by atoms with Crippen LogP contribution in [0.4, 0.5) is 0 Å². The van der Waals surface area contributed by atoms with Crippen LogP contribution in [0.3, 0.4) is 0 Å². The largest absolute Gasteiger partial charge is 0.387 e. The second-order valence-electron chi connectivity index (χ2n) is 3.83. The van der Waals surface area contributed by atoms with Gasteiger partial charge in [0.2, 0.25) is 0 Å². The first-order chi connectivity index (χ1) is 6.47. The number of aliphatic hydroxyl groups excluding tert-OH is 3. The standard InChI is InChI=1S/C6H15O6P3/c7-1-2(8)5(11,14)6(12,15)3(9)4(1,10)13/h1-3,7-12H,13-15H2/t1-,2-,3+,4-,5-,6-/m1/s1. The maximum absolute atomic E-state index is 9.79. The van der Waals surface area contributed by atoms with E-state index in [1.165, 1.54) is 0 Å². The summed E-state index contributed by atoms with van der Waals surface area (Å²) < 4.78 is 0. The highest BCUT2D eigenvalue weighted by Gasteiger charge is 2.67. The van der Waals surface area contributed by atoms with E-state index in [0.29, 0.717) is 0 Å². The van der Waals surface area contributed by atoms with Crippen molar-refractivity contribution in [1.82, 2.24) is 0 Å². The quantitative estimate of drug-likeness (QED) is 0.259.